The number of nitriles is 1. The summed E-state index contributed by atoms with van der Waals surface area (Å²) in [5.41, 5.74) is 3.31. The van der Waals surface area contributed by atoms with Crippen LogP contribution in [0.3, 0.4) is 0 Å². The van der Waals surface area contributed by atoms with Crippen molar-refractivity contribution < 1.29 is 4.74 Å². The van der Waals surface area contributed by atoms with Gasteiger partial charge in [-0.2, -0.15) is 5.26 Å². The lowest BCUT2D eigenvalue weighted by Crippen LogP contribution is -2.14. The number of hydrogen-bond donors (Lipinski definition) is 1. The standard InChI is InChI=1S/C21H17N5O2/c1-13(2)17-9-16(5-3-14(17)10-22)28-20-6-4-15(11-24-20)26-19-7-8-23-12-18(19)25-21(26)27/h3-9,11-13H,1-2H3,(H,25,27). The molecular weight excluding hydrogens is 354 g/mol. The number of pyridine rings is 2. The van der Waals surface area contributed by atoms with Gasteiger partial charge in [0.05, 0.1) is 40.7 Å². The fourth-order valence-corrected chi connectivity index (χ4v) is 3.08. The summed E-state index contributed by atoms with van der Waals surface area (Å²) in [4.78, 5) is 23.4. The predicted octanol–water partition coefficient (Wildman–Crippen LogP) is 3.90. The van der Waals surface area contributed by atoms with Crippen LogP contribution in [0.1, 0.15) is 30.9 Å². The first kappa shape index (κ1) is 17.5. The molecule has 0 amide bonds. The summed E-state index contributed by atoms with van der Waals surface area (Å²) in [5, 5.41) is 9.23. The van der Waals surface area contributed by atoms with Gasteiger partial charge in [-0.15, -0.1) is 0 Å². The molecule has 138 valence electrons. The smallest absolute Gasteiger partial charge is 0.331 e. The van der Waals surface area contributed by atoms with E-state index in [1.54, 1.807) is 48.9 Å². The molecule has 1 aromatic carbocycles. The largest absolute Gasteiger partial charge is 0.439 e. The molecule has 0 aliphatic rings. The lowest BCUT2D eigenvalue weighted by molar-refractivity contribution is 0.461. The molecule has 28 heavy (non-hydrogen) atoms. The van der Waals surface area contributed by atoms with Crippen LogP contribution < -0.4 is 10.4 Å². The summed E-state index contributed by atoms with van der Waals surface area (Å²) in [6.07, 6.45) is 4.82. The Hall–Kier alpha value is -3.92. The SMILES string of the molecule is CC(C)c1cc(Oc2ccc(-n3c(=O)[nH]c4cnccc43)cn2)ccc1C#N. The van der Waals surface area contributed by atoms with Crippen molar-refractivity contribution in [2.45, 2.75) is 19.8 Å². The molecule has 0 saturated heterocycles. The summed E-state index contributed by atoms with van der Waals surface area (Å²) in [5.74, 6) is 1.22. The van der Waals surface area contributed by atoms with Crippen LogP contribution in [0.25, 0.3) is 16.7 Å². The first-order valence-electron chi connectivity index (χ1n) is 8.80. The molecule has 7 heteroatoms. The molecule has 3 heterocycles. The zero-order valence-electron chi connectivity index (χ0n) is 15.4. The maximum atomic E-state index is 12.3. The molecule has 0 aliphatic heterocycles. The van der Waals surface area contributed by atoms with Gasteiger partial charge in [0, 0.05) is 12.3 Å². The van der Waals surface area contributed by atoms with Crippen LogP contribution in [0.15, 0.2) is 59.8 Å². The lowest BCUT2D eigenvalue weighted by Gasteiger charge is -2.11. The van der Waals surface area contributed by atoms with Crippen molar-refractivity contribution in [3.8, 4) is 23.4 Å². The van der Waals surface area contributed by atoms with Gasteiger partial charge in [-0.05, 0) is 41.8 Å². The van der Waals surface area contributed by atoms with Gasteiger partial charge in [0.1, 0.15) is 5.75 Å². The molecular formula is C21H17N5O2. The van der Waals surface area contributed by atoms with E-state index in [2.05, 4.69) is 21.0 Å². The van der Waals surface area contributed by atoms with Gasteiger partial charge in [-0.3, -0.25) is 9.55 Å². The third-order valence-corrected chi connectivity index (χ3v) is 4.45. The minimum absolute atomic E-state index is 0.205. The maximum absolute atomic E-state index is 12.3. The molecule has 3 aromatic heterocycles. The van der Waals surface area contributed by atoms with Crippen LogP contribution in [0.4, 0.5) is 0 Å². The number of hydrogen-bond acceptors (Lipinski definition) is 5. The Kier molecular flexibility index (Phi) is 4.38. The molecule has 0 bridgehead atoms. The molecule has 0 atom stereocenters. The van der Waals surface area contributed by atoms with Crippen molar-refractivity contribution in [3.05, 3.63) is 76.6 Å². The second-order valence-corrected chi connectivity index (χ2v) is 6.63. The third kappa shape index (κ3) is 3.12. The molecule has 0 radical (unpaired) electrons. The molecule has 0 fully saturated rings. The Morgan fingerprint density at radius 1 is 1.18 bits per heavy atom. The van der Waals surface area contributed by atoms with Crippen molar-refractivity contribution in [1.82, 2.24) is 19.5 Å². The van der Waals surface area contributed by atoms with E-state index in [-0.39, 0.29) is 11.6 Å². The Labute approximate surface area is 160 Å². The predicted molar refractivity (Wildman–Crippen MR) is 105 cm³/mol. The number of fused-ring (bicyclic) bond motifs is 1. The average molecular weight is 371 g/mol. The highest BCUT2D eigenvalue weighted by molar-refractivity contribution is 5.75. The van der Waals surface area contributed by atoms with Gasteiger partial charge in [-0.25, -0.2) is 9.78 Å². The quantitative estimate of drug-likeness (QED) is 0.587. The van der Waals surface area contributed by atoms with Crippen LogP contribution in [0, 0.1) is 11.3 Å². The highest BCUT2D eigenvalue weighted by atomic mass is 16.5. The van der Waals surface area contributed by atoms with E-state index >= 15 is 0 Å². The number of benzene rings is 1. The molecule has 0 unspecified atom stereocenters. The monoisotopic (exact) mass is 371 g/mol. The number of nitrogens with zero attached hydrogens (tertiary/aromatic N) is 4. The second kappa shape index (κ2) is 7.00. The molecule has 4 rings (SSSR count). The van der Waals surface area contributed by atoms with E-state index < -0.39 is 0 Å². The first-order valence-corrected chi connectivity index (χ1v) is 8.80. The van der Waals surface area contributed by atoms with E-state index in [0.717, 1.165) is 11.1 Å². The summed E-state index contributed by atoms with van der Waals surface area (Å²) in [6, 6.07) is 12.8. The number of rotatable bonds is 4. The van der Waals surface area contributed by atoms with Gasteiger partial charge in [0.15, 0.2) is 0 Å². The number of ether oxygens (including phenoxy) is 1. The molecule has 7 nitrogen and oxygen atoms in total. The summed E-state index contributed by atoms with van der Waals surface area (Å²) in [6.45, 7) is 4.06. The number of aromatic nitrogens is 4. The van der Waals surface area contributed by atoms with Gasteiger partial charge in [-0.1, -0.05) is 13.8 Å². The Morgan fingerprint density at radius 2 is 2.04 bits per heavy atom. The zero-order valence-corrected chi connectivity index (χ0v) is 15.4. The summed E-state index contributed by atoms with van der Waals surface area (Å²) in [7, 11) is 0. The highest BCUT2D eigenvalue weighted by Crippen LogP contribution is 2.27. The van der Waals surface area contributed by atoms with Gasteiger partial charge in [0.2, 0.25) is 5.88 Å². The van der Waals surface area contributed by atoms with E-state index in [0.29, 0.717) is 28.4 Å². The topological polar surface area (TPSA) is 96.6 Å². The average Bonchev–Trinajstić information content (AvgIpc) is 3.04. The van der Waals surface area contributed by atoms with Crippen LogP contribution in [-0.4, -0.2) is 19.5 Å². The Morgan fingerprint density at radius 3 is 2.75 bits per heavy atom. The second-order valence-electron chi connectivity index (χ2n) is 6.63. The van der Waals surface area contributed by atoms with Gasteiger partial charge in [0.25, 0.3) is 0 Å². The normalized spacial score (nSPS) is 10.9. The summed E-state index contributed by atoms with van der Waals surface area (Å²) >= 11 is 0. The fraction of sp³-hybridized carbons (Fsp3) is 0.143. The fourth-order valence-electron chi connectivity index (χ4n) is 3.08. The van der Waals surface area contributed by atoms with Gasteiger partial charge < -0.3 is 9.72 Å². The number of nitrogens with one attached hydrogen (secondary N) is 1. The van der Waals surface area contributed by atoms with Crippen LogP contribution in [0.2, 0.25) is 0 Å². The van der Waals surface area contributed by atoms with E-state index in [1.165, 1.54) is 4.57 Å². The zero-order chi connectivity index (χ0) is 19.7. The van der Waals surface area contributed by atoms with Crippen molar-refractivity contribution >= 4 is 11.0 Å². The molecule has 0 aliphatic carbocycles. The molecule has 1 N–H and O–H groups in total. The number of aromatic amines is 1. The van der Waals surface area contributed by atoms with E-state index in [1.807, 2.05) is 19.9 Å². The lowest BCUT2D eigenvalue weighted by atomic mass is 9.98. The van der Waals surface area contributed by atoms with Crippen molar-refractivity contribution in [2.75, 3.05) is 0 Å². The van der Waals surface area contributed by atoms with E-state index in [4.69, 9.17) is 4.74 Å². The van der Waals surface area contributed by atoms with Crippen LogP contribution in [0.5, 0.6) is 11.6 Å². The van der Waals surface area contributed by atoms with Crippen LogP contribution in [-0.2, 0) is 0 Å². The summed E-state index contributed by atoms with van der Waals surface area (Å²) < 4.78 is 7.37. The minimum Gasteiger partial charge on any atom is -0.439 e. The van der Waals surface area contributed by atoms with Crippen molar-refractivity contribution in [3.63, 3.8) is 0 Å². The highest BCUT2D eigenvalue weighted by Gasteiger charge is 2.11. The van der Waals surface area contributed by atoms with Crippen LogP contribution >= 0.6 is 0 Å². The maximum Gasteiger partial charge on any atom is 0.331 e. The molecule has 0 spiro atoms. The Bertz CT molecular complexity index is 1250. The Balaban J connectivity index is 1.64. The first-order chi connectivity index (χ1) is 13.6. The van der Waals surface area contributed by atoms with Gasteiger partial charge >= 0.3 is 5.69 Å². The van der Waals surface area contributed by atoms with E-state index in [9.17, 15) is 10.1 Å². The minimum atomic E-state index is -0.257. The van der Waals surface area contributed by atoms with Crippen molar-refractivity contribution in [1.29, 1.82) is 5.26 Å². The molecule has 0 saturated carbocycles. The molecule has 4 aromatic rings. The number of imidazole rings is 1. The van der Waals surface area contributed by atoms with Crippen molar-refractivity contribution in [2.24, 2.45) is 0 Å². The third-order valence-electron chi connectivity index (χ3n) is 4.45. The number of H-pyrrole nitrogens is 1.